The number of nitrogens with two attached hydrogens (primary N) is 1. The van der Waals surface area contributed by atoms with Crippen molar-refractivity contribution in [2.45, 2.75) is 19.8 Å². The van der Waals surface area contributed by atoms with Crippen molar-refractivity contribution in [2.75, 3.05) is 37.4 Å². The third-order valence-electron chi connectivity index (χ3n) is 3.49. The Labute approximate surface area is 123 Å². The maximum absolute atomic E-state index is 12.0. The summed E-state index contributed by atoms with van der Waals surface area (Å²) in [6, 6.07) is 3.40. The van der Waals surface area contributed by atoms with Gasteiger partial charge in [-0.05, 0) is 13.0 Å². The number of rotatable bonds is 5. The predicted molar refractivity (Wildman–Crippen MR) is 79.8 cm³/mol. The first-order valence-electron chi connectivity index (χ1n) is 6.98. The number of ketones is 1. The average Bonchev–Trinajstić information content (AvgIpc) is 2.47. The molecule has 1 aliphatic rings. The largest absolute Gasteiger partial charge is 0.495 e. The van der Waals surface area contributed by atoms with Crippen molar-refractivity contribution in [3.63, 3.8) is 0 Å². The van der Waals surface area contributed by atoms with E-state index in [0.717, 1.165) is 5.69 Å². The summed E-state index contributed by atoms with van der Waals surface area (Å²) >= 11 is 0. The van der Waals surface area contributed by atoms with Crippen molar-refractivity contribution in [3.05, 3.63) is 17.7 Å². The lowest BCUT2D eigenvalue weighted by atomic mass is 9.99. The first kappa shape index (κ1) is 15.2. The highest BCUT2D eigenvalue weighted by Gasteiger charge is 2.25. The van der Waals surface area contributed by atoms with Crippen LogP contribution in [0.5, 0.6) is 5.75 Å². The molecule has 0 radical (unpaired) electrons. The summed E-state index contributed by atoms with van der Waals surface area (Å²) in [5, 5.41) is 0. The number of hydrogen-bond donors (Lipinski definition) is 1. The van der Waals surface area contributed by atoms with E-state index in [1.807, 2.05) is 4.90 Å². The van der Waals surface area contributed by atoms with Gasteiger partial charge < -0.3 is 20.1 Å². The van der Waals surface area contributed by atoms with Crippen LogP contribution in [0.4, 0.5) is 11.4 Å². The number of ether oxygens (including phenoxy) is 2. The van der Waals surface area contributed by atoms with Crippen LogP contribution in [0.2, 0.25) is 0 Å². The molecule has 1 aliphatic heterocycles. The van der Waals surface area contributed by atoms with E-state index < -0.39 is 0 Å². The van der Waals surface area contributed by atoms with Crippen LogP contribution in [-0.2, 0) is 9.53 Å². The maximum Gasteiger partial charge on any atom is 0.307 e. The Bertz CT molecular complexity index is 557. The van der Waals surface area contributed by atoms with Gasteiger partial charge in [-0.15, -0.1) is 0 Å². The molecule has 0 atom stereocenters. The van der Waals surface area contributed by atoms with Gasteiger partial charge >= 0.3 is 5.97 Å². The maximum atomic E-state index is 12.0. The number of anilines is 2. The molecule has 0 unspecified atom stereocenters. The Hall–Kier alpha value is -2.24. The first-order chi connectivity index (χ1) is 10.1. The van der Waals surface area contributed by atoms with Crippen molar-refractivity contribution in [3.8, 4) is 5.75 Å². The molecule has 0 spiro atoms. The van der Waals surface area contributed by atoms with Crippen LogP contribution in [0.1, 0.15) is 30.1 Å². The number of esters is 1. The molecule has 0 amide bonds. The van der Waals surface area contributed by atoms with Crippen molar-refractivity contribution in [1.82, 2.24) is 0 Å². The second-order valence-corrected chi connectivity index (χ2v) is 4.83. The van der Waals surface area contributed by atoms with Crippen LogP contribution in [0, 0.1) is 0 Å². The van der Waals surface area contributed by atoms with Gasteiger partial charge in [-0.3, -0.25) is 9.59 Å². The van der Waals surface area contributed by atoms with E-state index in [2.05, 4.69) is 0 Å². The number of Topliss-reactive ketones (excluding diaryl/α,β-unsaturated/α-hetero) is 1. The third kappa shape index (κ3) is 3.26. The second-order valence-electron chi connectivity index (χ2n) is 4.83. The molecule has 1 aromatic rings. The van der Waals surface area contributed by atoms with Gasteiger partial charge in [-0.1, -0.05) is 0 Å². The summed E-state index contributed by atoms with van der Waals surface area (Å²) in [6.07, 6.45) is 0.704. The monoisotopic (exact) mass is 292 g/mol. The van der Waals surface area contributed by atoms with Crippen LogP contribution < -0.4 is 15.4 Å². The van der Waals surface area contributed by atoms with Crippen LogP contribution >= 0.6 is 0 Å². The summed E-state index contributed by atoms with van der Waals surface area (Å²) in [5.41, 5.74) is 7.65. The summed E-state index contributed by atoms with van der Waals surface area (Å²) < 4.78 is 10.1. The number of carbonyl (C=O) groups excluding carboxylic acids is 2. The molecule has 0 saturated carbocycles. The molecule has 2 rings (SSSR count). The van der Waals surface area contributed by atoms with Crippen LogP contribution in [-0.4, -0.2) is 38.6 Å². The van der Waals surface area contributed by atoms with Crippen LogP contribution in [0.25, 0.3) is 0 Å². The summed E-state index contributed by atoms with van der Waals surface area (Å²) in [4.78, 5) is 25.5. The lowest BCUT2D eigenvalue weighted by molar-refractivity contribution is -0.142. The van der Waals surface area contributed by atoms with E-state index in [1.54, 1.807) is 19.1 Å². The van der Waals surface area contributed by atoms with Crippen molar-refractivity contribution in [2.24, 2.45) is 0 Å². The summed E-state index contributed by atoms with van der Waals surface area (Å²) in [6.45, 7) is 3.24. The van der Waals surface area contributed by atoms with Gasteiger partial charge in [-0.25, -0.2) is 0 Å². The number of fused-ring (bicyclic) bond motifs is 1. The smallest absolute Gasteiger partial charge is 0.307 e. The Balaban J connectivity index is 2.22. The van der Waals surface area contributed by atoms with Gasteiger partial charge in [0.2, 0.25) is 0 Å². The minimum absolute atomic E-state index is 0.0618. The molecule has 0 aromatic heterocycles. The fourth-order valence-corrected chi connectivity index (χ4v) is 2.43. The fraction of sp³-hybridized carbons (Fsp3) is 0.467. The fourth-order valence-electron chi connectivity index (χ4n) is 2.43. The van der Waals surface area contributed by atoms with E-state index in [0.29, 0.717) is 43.1 Å². The Morgan fingerprint density at radius 2 is 2.19 bits per heavy atom. The standard InChI is InChI=1S/C15H20N2O4/c1-3-21-15(19)5-7-17-6-4-13(18)10-8-11(16)14(20-2)9-12(10)17/h8-9H,3-7,16H2,1-2H3. The normalized spacial score (nSPS) is 13.8. The molecule has 1 heterocycles. The number of nitrogens with zero attached hydrogens (tertiary/aromatic N) is 1. The van der Waals surface area contributed by atoms with Gasteiger partial charge in [0.15, 0.2) is 5.78 Å². The van der Waals surface area contributed by atoms with Gasteiger partial charge in [0.05, 0.1) is 31.5 Å². The Morgan fingerprint density at radius 3 is 2.86 bits per heavy atom. The first-order valence-corrected chi connectivity index (χ1v) is 6.98. The van der Waals surface area contributed by atoms with E-state index >= 15 is 0 Å². The van der Waals surface area contributed by atoms with E-state index in [1.165, 1.54) is 7.11 Å². The molecule has 1 aromatic carbocycles. The number of methoxy groups -OCH3 is 1. The van der Waals surface area contributed by atoms with Crippen molar-refractivity contribution < 1.29 is 19.1 Å². The number of carbonyl (C=O) groups is 2. The molecular weight excluding hydrogens is 272 g/mol. The van der Waals surface area contributed by atoms with Gasteiger partial charge in [0.25, 0.3) is 0 Å². The quantitative estimate of drug-likeness (QED) is 0.656. The zero-order valence-corrected chi connectivity index (χ0v) is 12.3. The molecule has 21 heavy (non-hydrogen) atoms. The minimum Gasteiger partial charge on any atom is -0.495 e. The Morgan fingerprint density at radius 1 is 1.43 bits per heavy atom. The minimum atomic E-state index is -0.238. The molecule has 0 fully saturated rings. The number of hydrogen-bond acceptors (Lipinski definition) is 6. The van der Waals surface area contributed by atoms with Crippen LogP contribution in [0.3, 0.4) is 0 Å². The molecule has 114 valence electrons. The second kappa shape index (κ2) is 6.47. The molecular formula is C15H20N2O4. The van der Waals surface area contributed by atoms with E-state index in [9.17, 15) is 9.59 Å². The molecule has 0 aliphatic carbocycles. The van der Waals surface area contributed by atoms with Gasteiger partial charge in [0, 0.05) is 31.1 Å². The highest BCUT2D eigenvalue weighted by atomic mass is 16.5. The summed E-state index contributed by atoms with van der Waals surface area (Å²) in [7, 11) is 1.53. The van der Waals surface area contributed by atoms with Crippen LogP contribution in [0.15, 0.2) is 12.1 Å². The van der Waals surface area contributed by atoms with Crippen molar-refractivity contribution >= 4 is 23.1 Å². The Kier molecular flexibility index (Phi) is 4.67. The molecule has 6 nitrogen and oxygen atoms in total. The number of benzene rings is 1. The molecule has 6 heteroatoms. The van der Waals surface area contributed by atoms with Crippen molar-refractivity contribution in [1.29, 1.82) is 0 Å². The van der Waals surface area contributed by atoms with E-state index in [-0.39, 0.29) is 18.2 Å². The molecule has 2 N–H and O–H groups in total. The van der Waals surface area contributed by atoms with Gasteiger partial charge in [0.1, 0.15) is 5.75 Å². The number of nitrogen functional groups attached to an aromatic ring is 1. The molecule has 0 bridgehead atoms. The molecule has 0 saturated heterocycles. The average molecular weight is 292 g/mol. The third-order valence-corrected chi connectivity index (χ3v) is 3.49. The summed E-state index contributed by atoms with van der Waals surface area (Å²) in [5.74, 6) is 0.356. The van der Waals surface area contributed by atoms with Gasteiger partial charge in [-0.2, -0.15) is 0 Å². The zero-order chi connectivity index (χ0) is 15.4. The van der Waals surface area contributed by atoms with E-state index in [4.69, 9.17) is 15.2 Å². The SMILES string of the molecule is CCOC(=O)CCN1CCC(=O)c2cc(N)c(OC)cc21. The topological polar surface area (TPSA) is 81.9 Å². The lowest BCUT2D eigenvalue weighted by Gasteiger charge is -2.31. The zero-order valence-electron chi connectivity index (χ0n) is 12.3. The highest BCUT2D eigenvalue weighted by Crippen LogP contribution is 2.35. The lowest BCUT2D eigenvalue weighted by Crippen LogP contribution is -2.34. The highest BCUT2D eigenvalue weighted by molar-refractivity contribution is 6.04. The predicted octanol–water partition coefficient (Wildman–Crippen LogP) is 1.62.